The first kappa shape index (κ1) is 16.1. The molecule has 25 heavy (non-hydrogen) atoms. The predicted molar refractivity (Wildman–Crippen MR) is 93.6 cm³/mol. The van der Waals surface area contributed by atoms with Gasteiger partial charge in [-0.1, -0.05) is 42.5 Å². The molecule has 1 aromatic heterocycles. The first-order valence-corrected chi connectivity index (χ1v) is 7.38. The monoisotopic (exact) mass is 335 g/mol. The zero-order valence-corrected chi connectivity index (χ0v) is 12.9. The van der Waals surface area contributed by atoms with E-state index in [1.165, 1.54) is 24.3 Å². The molecule has 3 rings (SSSR count). The molecule has 0 saturated heterocycles. The molecule has 0 unspecified atom stereocenters. The van der Waals surface area contributed by atoms with Gasteiger partial charge in [-0.3, -0.25) is 19.7 Å². The summed E-state index contributed by atoms with van der Waals surface area (Å²) >= 11 is 0. The van der Waals surface area contributed by atoms with Gasteiger partial charge in [0.15, 0.2) is 0 Å². The summed E-state index contributed by atoms with van der Waals surface area (Å²) in [6.45, 7) is 0. The topological polar surface area (TPSA) is 109 Å². The molecule has 0 atom stereocenters. The van der Waals surface area contributed by atoms with Crippen molar-refractivity contribution in [2.75, 3.05) is 0 Å². The molecule has 124 valence electrons. The molecular weight excluding hydrogens is 322 g/mol. The summed E-state index contributed by atoms with van der Waals surface area (Å²) in [7, 11) is 0. The van der Waals surface area contributed by atoms with E-state index < -0.39 is 16.0 Å². The van der Waals surface area contributed by atoms with Crippen molar-refractivity contribution in [3.05, 3.63) is 107 Å². The highest BCUT2D eigenvalue weighted by Crippen LogP contribution is 2.12. The van der Waals surface area contributed by atoms with Crippen LogP contribution >= 0.6 is 0 Å². The number of nitro benzene ring substituents is 1. The van der Waals surface area contributed by atoms with Gasteiger partial charge in [0.1, 0.15) is 10.7 Å². The zero-order valence-electron chi connectivity index (χ0n) is 12.9. The Labute approximate surface area is 140 Å². The highest BCUT2D eigenvalue weighted by Gasteiger charge is 2.04. The fourth-order valence-electron chi connectivity index (χ4n) is 2.31. The molecule has 0 aliphatic carbocycles. The van der Waals surface area contributed by atoms with E-state index in [1.807, 2.05) is 18.2 Å². The quantitative estimate of drug-likeness (QED) is 0.540. The maximum Gasteiger partial charge on any atom is 0.272 e. The van der Waals surface area contributed by atoms with Crippen LogP contribution in [0.1, 0.15) is 11.1 Å². The number of aromatic nitrogens is 2. The van der Waals surface area contributed by atoms with Gasteiger partial charge in [0.25, 0.3) is 16.8 Å². The Hall–Kier alpha value is -3.74. The third-order valence-corrected chi connectivity index (χ3v) is 3.49. The minimum absolute atomic E-state index is 0.0238. The Kier molecular flexibility index (Phi) is 4.38. The molecule has 1 heterocycles. The lowest BCUT2D eigenvalue weighted by Gasteiger charge is -1.95. The maximum absolute atomic E-state index is 12.2. The molecule has 0 amide bonds. The Morgan fingerprint density at radius 1 is 0.800 bits per heavy atom. The van der Waals surface area contributed by atoms with Gasteiger partial charge in [0.05, 0.1) is 4.92 Å². The lowest BCUT2D eigenvalue weighted by Crippen LogP contribution is -2.46. The van der Waals surface area contributed by atoms with Gasteiger partial charge in [-0.2, -0.15) is 0 Å². The molecule has 3 aromatic rings. The lowest BCUT2D eigenvalue weighted by molar-refractivity contribution is -0.384. The highest BCUT2D eigenvalue weighted by atomic mass is 16.6. The summed E-state index contributed by atoms with van der Waals surface area (Å²) in [4.78, 5) is 39.7. The van der Waals surface area contributed by atoms with Crippen LogP contribution < -0.4 is 21.8 Å². The first-order valence-electron chi connectivity index (χ1n) is 7.38. The average molecular weight is 335 g/mol. The minimum Gasteiger partial charge on any atom is -0.316 e. The molecule has 0 spiro atoms. The average Bonchev–Trinajstić information content (AvgIpc) is 2.60. The van der Waals surface area contributed by atoms with Crippen LogP contribution in [0, 0.1) is 10.1 Å². The summed E-state index contributed by atoms with van der Waals surface area (Å²) in [5.41, 5.74) is 0.171. The van der Waals surface area contributed by atoms with Gasteiger partial charge in [-0.05, 0) is 23.3 Å². The molecule has 0 radical (unpaired) electrons. The molecule has 0 fully saturated rings. The SMILES string of the molecule is O=c1[nH]c(=Cc2cccc([N+](=O)[O-])c2)c(=O)[nH]c1=Cc1ccccc1. The number of nitro groups is 1. The summed E-state index contributed by atoms with van der Waals surface area (Å²) in [5.74, 6) is 0. The fourth-order valence-corrected chi connectivity index (χ4v) is 2.31. The second kappa shape index (κ2) is 6.79. The van der Waals surface area contributed by atoms with E-state index in [1.54, 1.807) is 24.3 Å². The van der Waals surface area contributed by atoms with Gasteiger partial charge in [-0.25, -0.2) is 0 Å². The number of hydrogen-bond acceptors (Lipinski definition) is 4. The molecule has 2 N–H and O–H groups in total. The maximum atomic E-state index is 12.2. The summed E-state index contributed by atoms with van der Waals surface area (Å²) < 4.78 is 0. The van der Waals surface area contributed by atoms with Crippen molar-refractivity contribution in [2.24, 2.45) is 0 Å². The van der Waals surface area contributed by atoms with Gasteiger partial charge in [0, 0.05) is 12.1 Å². The molecule has 0 aliphatic heterocycles. The van der Waals surface area contributed by atoms with Crippen LogP contribution in [0.15, 0.2) is 64.2 Å². The van der Waals surface area contributed by atoms with E-state index in [0.29, 0.717) is 5.56 Å². The Bertz CT molecular complexity index is 1160. The smallest absolute Gasteiger partial charge is 0.272 e. The molecule has 2 aromatic carbocycles. The number of benzene rings is 2. The van der Waals surface area contributed by atoms with E-state index in [2.05, 4.69) is 9.97 Å². The standard InChI is InChI=1S/C18H13N3O4/c22-17-15(10-12-5-2-1-3-6-12)19-18(23)16(20-17)11-13-7-4-8-14(9-13)21(24)25/h1-11H,(H,19,23)(H,20,22). The third kappa shape index (κ3) is 3.78. The van der Waals surface area contributed by atoms with Crippen molar-refractivity contribution in [1.82, 2.24) is 9.97 Å². The normalized spacial score (nSPS) is 12.3. The third-order valence-electron chi connectivity index (χ3n) is 3.49. The number of aromatic amines is 2. The van der Waals surface area contributed by atoms with Crippen LogP contribution in [0.25, 0.3) is 12.2 Å². The van der Waals surface area contributed by atoms with Crippen molar-refractivity contribution >= 4 is 17.8 Å². The molecule has 0 saturated carbocycles. The molecular formula is C18H13N3O4. The van der Waals surface area contributed by atoms with Crippen molar-refractivity contribution < 1.29 is 4.92 Å². The Balaban J connectivity index is 2.11. The largest absolute Gasteiger partial charge is 0.316 e. The predicted octanol–water partition coefficient (Wildman–Crippen LogP) is 0.629. The van der Waals surface area contributed by atoms with Crippen LogP contribution in [0.5, 0.6) is 0 Å². The Morgan fingerprint density at radius 3 is 1.96 bits per heavy atom. The van der Waals surface area contributed by atoms with Gasteiger partial charge in [-0.15, -0.1) is 0 Å². The van der Waals surface area contributed by atoms with Crippen LogP contribution in [-0.2, 0) is 0 Å². The van der Waals surface area contributed by atoms with E-state index in [0.717, 1.165) is 5.56 Å². The number of non-ortho nitro benzene ring substituents is 1. The highest BCUT2D eigenvalue weighted by molar-refractivity contribution is 5.52. The minimum atomic E-state index is -0.526. The summed E-state index contributed by atoms with van der Waals surface area (Å²) in [5, 5.41) is 11.0. The van der Waals surface area contributed by atoms with Crippen molar-refractivity contribution in [3.63, 3.8) is 0 Å². The van der Waals surface area contributed by atoms with Crippen LogP contribution in [0.3, 0.4) is 0 Å². The fraction of sp³-hybridized carbons (Fsp3) is 0. The van der Waals surface area contributed by atoms with E-state index in [4.69, 9.17) is 0 Å². The number of H-pyrrole nitrogens is 2. The molecule has 0 bridgehead atoms. The second-order valence-electron chi connectivity index (χ2n) is 5.29. The van der Waals surface area contributed by atoms with Crippen LogP contribution in [0.2, 0.25) is 0 Å². The van der Waals surface area contributed by atoms with Gasteiger partial charge < -0.3 is 9.97 Å². The van der Waals surface area contributed by atoms with Crippen LogP contribution in [-0.4, -0.2) is 14.9 Å². The van der Waals surface area contributed by atoms with E-state index in [-0.39, 0.29) is 16.4 Å². The number of rotatable bonds is 3. The number of nitrogens with one attached hydrogen (secondary N) is 2. The van der Waals surface area contributed by atoms with Crippen molar-refractivity contribution in [3.8, 4) is 0 Å². The van der Waals surface area contributed by atoms with E-state index >= 15 is 0 Å². The van der Waals surface area contributed by atoms with Crippen LogP contribution in [0.4, 0.5) is 5.69 Å². The number of hydrogen-bond donors (Lipinski definition) is 2. The molecule has 7 nitrogen and oxygen atoms in total. The van der Waals surface area contributed by atoms with Gasteiger partial charge in [0.2, 0.25) is 0 Å². The van der Waals surface area contributed by atoms with Crippen molar-refractivity contribution in [1.29, 1.82) is 0 Å². The molecule has 0 aliphatic rings. The first-order chi connectivity index (χ1) is 12.0. The Morgan fingerprint density at radius 2 is 1.36 bits per heavy atom. The zero-order chi connectivity index (χ0) is 17.8. The summed E-state index contributed by atoms with van der Waals surface area (Å²) in [6.07, 6.45) is 2.96. The van der Waals surface area contributed by atoms with Gasteiger partial charge >= 0.3 is 0 Å². The van der Waals surface area contributed by atoms with Crippen molar-refractivity contribution in [2.45, 2.75) is 0 Å². The van der Waals surface area contributed by atoms with E-state index in [9.17, 15) is 19.7 Å². The second-order valence-corrected chi connectivity index (χ2v) is 5.29. The molecule has 7 heteroatoms. The number of nitrogens with zero attached hydrogens (tertiary/aromatic N) is 1. The lowest BCUT2D eigenvalue weighted by atomic mass is 10.2. The summed E-state index contributed by atoms with van der Waals surface area (Å²) in [6, 6.07) is 14.9.